The molecule has 0 bridgehead atoms. The van der Waals surface area contributed by atoms with Crippen LogP contribution in [0.4, 0.5) is 0 Å². The number of benzene rings is 1. The molecule has 0 radical (unpaired) electrons. The number of halogens is 1. The second kappa shape index (κ2) is 6.97. The number of hydrogen-bond donors (Lipinski definition) is 1. The van der Waals surface area contributed by atoms with Crippen molar-refractivity contribution in [1.82, 2.24) is 14.9 Å². The molecule has 0 unspecified atom stereocenters. The quantitative estimate of drug-likeness (QED) is 0.750. The van der Waals surface area contributed by atoms with Gasteiger partial charge in [-0.1, -0.05) is 34.1 Å². The number of fused-ring (bicyclic) bond motifs is 1. The Hall–Kier alpha value is -2.47. The van der Waals surface area contributed by atoms with Gasteiger partial charge in [-0.3, -0.25) is 14.6 Å². The van der Waals surface area contributed by atoms with E-state index in [9.17, 15) is 9.59 Å². The van der Waals surface area contributed by atoms with Gasteiger partial charge in [-0.15, -0.1) is 0 Å². The Bertz CT molecular complexity index is 935. The van der Waals surface area contributed by atoms with Crippen LogP contribution in [-0.4, -0.2) is 15.5 Å². The lowest BCUT2D eigenvalue weighted by molar-refractivity contribution is -0.122. The predicted octanol–water partition coefficient (Wildman–Crippen LogP) is 3.04. The molecule has 0 spiro atoms. The van der Waals surface area contributed by atoms with Crippen LogP contribution in [0.3, 0.4) is 0 Å². The lowest BCUT2D eigenvalue weighted by Crippen LogP contribution is -2.33. The molecule has 0 aliphatic rings. The molecule has 2 aromatic heterocycles. The zero-order chi connectivity index (χ0) is 17.1. The minimum absolute atomic E-state index is 0.0355. The summed E-state index contributed by atoms with van der Waals surface area (Å²) in [6, 6.07) is 13.0. The van der Waals surface area contributed by atoms with Crippen LogP contribution in [0.1, 0.15) is 18.5 Å². The lowest BCUT2D eigenvalue weighted by Gasteiger charge is -2.15. The topological polar surface area (TPSA) is 64.0 Å². The summed E-state index contributed by atoms with van der Waals surface area (Å²) in [6.45, 7) is 1.87. The Morgan fingerprint density at radius 3 is 2.75 bits per heavy atom. The Labute approximate surface area is 147 Å². The maximum absolute atomic E-state index is 12.4. The summed E-state index contributed by atoms with van der Waals surface area (Å²) in [5.74, 6) is -0.220. The van der Waals surface area contributed by atoms with E-state index in [1.54, 1.807) is 24.5 Å². The molecule has 0 aliphatic carbocycles. The average molecular weight is 386 g/mol. The number of carbonyl (C=O) groups excluding carboxylic acids is 1. The summed E-state index contributed by atoms with van der Waals surface area (Å²) < 4.78 is 2.36. The van der Waals surface area contributed by atoms with Crippen LogP contribution in [0.5, 0.6) is 0 Å². The van der Waals surface area contributed by atoms with Crippen molar-refractivity contribution in [3.8, 4) is 0 Å². The van der Waals surface area contributed by atoms with Crippen molar-refractivity contribution in [2.75, 3.05) is 0 Å². The molecule has 2 heterocycles. The average Bonchev–Trinajstić information content (AvgIpc) is 2.58. The molecule has 0 saturated heterocycles. The fourth-order valence-corrected chi connectivity index (χ4v) is 2.77. The third kappa shape index (κ3) is 3.54. The van der Waals surface area contributed by atoms with E-state index in [1.807, 2.05) is 37.3 Å². The summed E-state index contributed by atoms with van der Waals surface area (Å²) in [6.07, 6.45) is 3.19. The maximum Gasteiger partial charge on any atom is 0.277 e. The molecule has 1 amide bonds. The minimum Gasteiger partial charge on any atom is -0.348 e. The van der Waals surface area contributed by atoms with Crippen LogP contribution in [0, 0.1) is 0 Å². The van der Waals surface area contributed by atoms with E-state index in [4.69, 9.17) is 0 Å². The molecular formula is C18H16BrN3O2. The lowest BCUT2D eigenvalue weighted by atomic mass is 10.1. The smallest absolute Gasteiger partial charge is 0.277 e. The van der Waals surface area contributed by atoms with E-state index >= 15 is 0 Å². The minimum atomic E-state index is -0.264. The summed E-state index contributed by atoms with van der Waals surface area (Å²) in [5, 5.41) is 3.67. The molecule has 5 nitrogen and oxygen atoms in total. The number of hydrogen-bond acceptors (Lipinski definition) is 3. The first kappa shape index (κ1) is 16.4. The predicted molar refractivity (Wildman–Crippen MR) is 96.7 cm³/mol. The SMILES string of the molecule is C[C@H](NC(=O)Cn1ccc2cccnc2c1=O)c1ccc(Br)cc1. The van der Waals surface area contributed by atoms with E-state index in [0.29, 0.717) is 5.52 Å². The van der Waals surface area contributed by atoms with Gasteiger partial charge >= 0.3 is 0 Å². The van der Waals surface area contributed by atoms with Gasteiger partial charge in [0.1, 0.15) is 12.1 Å². The molecule has 1 aromatic carbocycles. The second-order valence-corrected chi connectivity index (χ2v) is 6.45. The van der Waals surface area contributed by atoms with Crippen molar-refractivity contribution in [3.63, 3.8) is 0 Å². The monoisotopic (exact) mass is 385 g/mol. The highest BCUT2D eigenvalue weighted by Crippen LogP contribution is 2.16. The maximum atomic E-state index is 12.4. The number of nitrogens with one attached hydrogen (secondary N) is 1. The molecule has 1 N–H and O–H groups in total. The molecule has 6 heteroatoms. The highest BCUT2D eigenvalue weighted by atomic mass is 79.9. The van der Waals surface area contributed by atoms with Gasteiger partial charge in [0.2, 0.25) is 5.91 Å². The number of amides is 1. The Morgan fingerprint density at radius 2 is 2.00 bits per heavy atom. The van der Waals surface area contributed by atoms with Gasteiger partial charge in [0, 0.05) is 22.3 Å². The molecule has 122 valence electrons. The third-order valence-corrected chi connectivity index (χ3v) is 4.33. The molecule has 1 atom stereocenters. The summed E-state index contributed by atoms with van der Waals surface area (Å²) >= 11 is 3.39. The molecule has 0 saturated carbocycles. The van der Waals surface area contributed by atoms with Crippen LogP contribution in [0.15, 0.2) is 64.1 Å². The van der Waals surface area contributed by atoms with Gasteiger partial charge in [-0.05, 0) is 36.8 Å². The summed E-state index contributed by atoms with van der Waals surface area (Å²) in [4.78, 5) is 28.7. The molecule has 0 fully saturated rings. The molecule has 24 heavy (non-hydrogen) atoms. The van der Waals surface area contributed by atoms with Gasteiger partial charge in [0.25, 0.3) is 5.56 Å². The zero-order valence-corrected chi connectivity index (χ0v) is 14.7. The van der Waals surface area contributed by atoms with E-state index < -0.39 is 0 Å². The van der Waals surface area contributed by atoms with Crippen LogP contribution in [0.2, 0.25) is 0 Å². The first-order valence-corrected chi connectivity index (χ1v) is 8.33. The van der Waals surface area contributed by atoms with Gasteiger partial charge < -0.3 is 9.88 Å². The second-order valence-electron chi connectivity index (χ2n) is 5.53. The highest BCUT2D eigenvalue weighted by Gasteiger charge is 2.12. The Kier molecular flexibility index (Phi) is 4.76. The van der Waals surface area contributed by atoms with E-state index in [0.717, 1.165) is 15.4 Å². The highest BCUT2D eigenvalue weighted by molar-refractivity contribution is 9.10. The van der Waals surface area contributed by atoms with E-state index in [1.165, 1.54) is 4.57 Å². The van der Waals surface area contributed by atoms with Crippen molar-refractivity contribution < 1.29 is 4.79 Å². The normalized spacial score (nSPS) is 12.1. The van der Waals surface area contributed by atoms with E-state index in [2.05, 4.69) is 26.2 Å². The first-order chi connectivity index (χ1) is 11.5. The van der Waals surface area contributed by atoms with Crippen molar-refractivity contribution in [2.45, 2.75) is 19.5 Å². The molecular weight excluding hydrogens is 370 g/mol. The van der Waals surface area contributed by atoms with Gasteiger partial charge in [-0.25, -0.2) is 0 Å². The van der Waals surface area contributed by atoms with Crippen LogP contribution in [0.25, 0.3) is 10.9 Å². The largest absolute Gasteiger partial charge is 0.348 e. The van der Waals surface area contributed by atoms with E-state index in [-0.39, 0.29) is 24.1 Å². The van der Waals surface area contributed by atoms with Crippen molar-refractivity contribution >= 4 is 32.7 Å². The Balaban J connectivity index is 1.74. The third-order valence-electron chi connectivity index (χ3n) is 3.80. The van der Waals surface area contributed by atoms with Crippen molar-refractivity contribution in [2.24, 2.45) is 0 Å². The van der Waals surface area contributed by atoms with Crippen LogP contribution >= 0.6 is 15.9 Å². The number of carbonyl (C=O) groups is 1. The van der Waals surface area contributed by atoms with Crippen LogP contribution < -0.4 is 10.9 Å². The van der Waals surface area contributed by atoms with Gasteiger partial charge in [-0.2, -0.15) is 0 Å². The number of rotatable bonds is 4. The fourth-order valence-electron chi connectivity index (χ4n) is 2.51. The standard InChI is InChI=1S/C18H16BrN3O2/c1-12(13-4-6-15(19)7-5-13)21-16(23)11-22-10-8-14-3-2-9-20-17(14)18(22)24/h2-10,12H,11H2,1H3,(H,21,23)/t12-/m0/s1. The number of nitrogens with zero attached hydrogens (tertiary/aromatic N) is 2. The molecule has 0 aliphatic heterocycles. The first-order valence-electron chi connectivity index (χ1n) is 7.53. The number of aromatic nitrogens is 2. The fraction of sp³-hybridized carbons (Fsp3) is 0.167. The number of pyridine rings is 2. The molecule has 3 rings (SSSR count). The van der Waals surface area contributed by atoms with Gasteiger partial charge in [0.15, 0.2) is 0 Å². The van der Waals surface area contributed by atoms with Gasteiger partial charge in [0.05, 0.1) is 6.04 Å². The van der Waals surface area contributed by atoms with Crippen LogP contribution in [-0.2, 0) is 11.3 Å². The van der Waals surface area contributed by atoms with Crippen molar-refractivity contribution in [3.05, 3.63) is 75.2 Å². The Morgan fingerprint density at radius 1 is 1.25 bits per heavy atom. The zero-order valence-electron chi connectivity index (χ0n) is 13.1. The summed E-state index contributed by atoms with van der Waals surface area (Å²) in [7, 11) is 0. The summed E-state index contributed by atoms with van der Waals surface area (Å²) in [5.41, 5.74) is 1.10. The van der Waals surface area contributed by atoms with Crippen molar-refractivity contribution in [1.29, 1.82) is 0 Å². The molecule has 3 aromatic rings.